The fourth-order valence-electron chi connectivity index (χ4n) is 3.11. The minimum absolute atomic E-state index is 0.575. The molecule has 4 heteroatoms. The van der Waals surface area contributed by atoms with Gasteiger partial charge in [0, 0.05) is 18.3 Å². The maximum absolute atomic E-state index is 5.98. The van der Waals surface area contributed by atoms with Crippen LogP contribution in [0, 0.1) is 11.8 Å². The molecular weight excluding hydrogens is 248 g/mol. The Bertz CT molecular complexity index is 567. The van der Waals surface area contributed by atoms with Gasteiger partial charge < -0.3 is 10.3 Å². The third-order valence-corrected chi connectivity index (χ3v) is 4.42. The van der Waals surface area contributed by atoms with Crippen molar-refractivity contribution in [3.63, 3.8) is 0 Å². The summed E-state index contributed by atoms with van der Waals surface area (Å²) in [5.74, 6) is 2.23. The molecule has 3 rings (SSSR count). The first-order valence-corrected chi connectivity index (χ1v) is 7.45. The normalized spacial score (nSPS) is 22.9. The fourth-order valence-corrected chi connectivity index (χ4v) is 3.11. The molecule has 0 saturated heterocycles. The summed E-state index contributed by atoms with van der Waals surface area (Å²) < 4.78 is 2.23. The van der Waals surface area contributed by atoms with Crippen LogP contribution in [-0.4, -0.2) is 14.5 Å². The van der Waals surface area contributed by atoms with Gasteiger partial charge in [0.2, 0.25) is 0 Å². The zero-order valence-electron chi connectivity index (χ0n) is 12.0. The van der Waals surface area contributed by atoms with E-state index in [9.17, 15) is 0 Å². The van der Waals surface area contributed by atoms with Crippen LogP contribution in [0.5, 0.6) is 0 Å². The van der Waals surface area contributed by atoms with Gasteiger partial charge in [-0.05, 0) is 36.8 Å². The lowest BCUT2D eigenvalue weighted by atomic mass is 9.83. The molecule has 0 radical (unpaired) electrons. The van der Waals surface area contributed by atoms with Crippen LogP contribution in [0.4, 0.5) is 5.82 Å². The van der Waals surface area contributed by atoms with Crippen LogP contribution in [0.15, 0.2) is 30.9 Å². The molecule has 0 bridgehead atoms. The number of nitrogens with two attached hydrogens (primary N) is 1. The largest absolute Gasteiger partial charge is 0.383 e. The van der Waals surface area contributed by atoms with E-state index in [-0.39, 0.29) is 0 Å². The monoisotopic (exact) mass is 270 g/mol. The predicted molar refractivity (Wildman–Crippen MR) is 81.0 cm³/mol. The van der Waals surface area contributed by atoms with Gasteiger partial charge in [0.15, 0.2) is 0 Å². The van der Waals surface area contributed by atoms with Crippen molar-refractivity contribution in [2.45, 2.75) is 39.2 Å². The zero-order chi connectivity index (χ0) is 13.9. The molecule has 2 aromatic heterocycles. The van der Waals surface area contributed by atoms with Crippen molar-refractivity contribution in [3.05, 3.63) is 30.9 Å². The van der Waals surface area contributed by atoms with Gasteiger partial charge in [0.25, 0.3) is 0 Å². The first kappa shape index (κ1) is 13.2. The summed E-state index contributed by atoms with van der Waals surface area (Å²) in [6, 6.07) is 3.93. The van der Waals surface area contributed by atoms with Gasteiger partial charge in [0.05, 0.1) is 18.2 Å². The third kappa shape index (κ3) is 2.69. The molecule has 1 aliphatic carbocycles. The highest BCUT2D eigenvalue weighted by atomic mass is 15.1. The molecule has 0 spiro atoms. The van der Waals surface area contributed by atoms with Gasteiger partial charge in [-0.2, -0.15) is 0 Å². The first-order chi connectivity index (χ1) is 9.74. The van der Waals surface area contributed by atoms with Crippen LogP contribution in [0.2, 0.25) is 0 Å². The first-order valence-electron chi connectivity index (χ1n) is 7.45. The molecule has 0 amide bonds. The predicted octanol–water partition coefficient (Wildman–Crippen LogP) is 3.35. The highest BCUT2D eigenvalue weighted by Crippen LogP contribution is 2.31. The van der Waals surface area contributed by atoms with Crippen LogP contribution in [0.1, 0.15) is 32.6 Å². The Morgan fingerprint density at radius 3 is 2.85 bits per heavy atom. The Labute approximate surface area is 120 Å². The Kier molecular flexibility index (Phi) is 3.72. The lowest BCUT2D eigenvalue weighted by molar-refractivity contribution is 0.265. The van der Waals surface area contributed by atoms with Crippen LogP contribution < -0.4 is 5.73 Å². The van der Waals surface area contributed by atoms with Crippen molar-refractivity contribution in [2.75, 3.05) is 5.73 Å². The van der Waals surface area contributed by atoms with E-state index in [0.29, 0.717) is 5.82 Å². The maximum atomic E-state index is 5.98. The van der Waals surface area contributed by atoms with Crippen molar-refractivity contribution in [3.8, 4) is 11.3 Å². The van der Waals surface area contributed by atoms with Gasteiger partial charge in [-0.25, -0.2) is 9.97 Å². The molecular formula is C16H22N4. The molecule has 1 saturated carbocycles. The van der Waals surface area contributed by atoms with Crippen molar-refractivity contribution in [1.82, 2.24) is 14.5 Å². The molecule has 0 unspecified atom stereocenters. The number of imidazole rings is 1. The minimum atomic E-state index is 0.575. The quantitative estimate of drug-likeness (QED) is 0.930. The van der Waals surface area contributed by atoms with Gasteiger partial charge in [-0.3, -0.25) is 0 Å². The average molecular weight is 270 g/mol. The second kappa shape index (κ2) is 5.65. The number of nitrogen functional groups attached to an aromatic ring is 1. The summed E-state index contributed by atoms with van der Waals surface area (Å²) in [7, 11) is 0. The van der Waals surface area contributed by atoms with Crippen LogP contribution in [0.25, 0.3) is 11.3 Å². The number of anilines is 1. The lowest BCUT2D eigenvalue weighted by Gasteiger charge is -2.26. The average Bonchev–Trinajstić information content (AvgIpc) is 2.90. The van der Waals surface area contributed by atoms with E-state index in [1.165, 1.54) is 25.7 Å². The smallest absolute Gasteiger partial charge is 0.132 e. The molecule has 106 valence electrons. The highest BCUT2D eigenvalue weighted by molar-refractivity contribution is 5.70. The van der Waals surface area contributed by atoms with E-state index in [1.807, 2.05) is 24.7 Å². The van der Waals surface area contributed by atoms with Crippen molar-refractivity contribution >= 4 is 5.82 Å². The molecule has 0 aromatic carbocycles. The number of pyridine rings is 1. The Balaban J connectivity index is 1.79. The van der Waals surface area contributed by atoms with E-state index in [1.54, 1.807) is 6.20 Å². The second-order valence-electron chi connectivity index (χ2n) is 5.99. The van der Waals surface area contributed by atoms with Crippen LogP contribution in [-0.2, 0) is 6.54 Å². The van der Waals surface area contributed by atoms with Gasteiger partial charge >= 0.3 is 0 Å². The summed E-state index contributed by atoms with van der Waals surface area (Å²) >= 11 is 0. The minimum Gasteiger partial charge on any atom is -0.383 e. The van der Waals surface area contributed by atoms with Crippen molar-refractivity contribution in [1.29, 1.82) is 0 Å². The topological polar surface area (TPSA) is 56.7 Å². The number of rotatable bonds is 3. The molecule has 1 aliphatic rings. The third-order valence-electron chi connectivity index (χ3n) is 4.42. The van der Waals surface area contributed by atoms with Crippen LogP contribution in [0.3, 0.4) is 0 Å². The summed E-state index contributed by atoms with van der Waals surface area (Å²) in [6.07, 6.45) is 10.9. The maximum Gasteiger partial charge on any atom is 0.132 e. The van der Waals surface area contributed by atoms with E-state index in [2.05, 4.69) is 21.5 Å². The Morgan fingerprint density at radius 1 is 1.30 bits per heavy atom. The Hall–Kier alpha value is -1.84. The number of nitrogens with zero attached hydrogens (tertiary/aromatic N) is 3. The number of hydrogen-bond acceptors (Lipinski definition) is 3. The Morgan fingerprint density at radius 2 is 2.10 bits per heavy atom. The molecule has 4 nitrogen and oxygen atoms in total. The standard InChI is InChI=1S/C16H22N4/c1-12-4-6-13(7-5-12)10-20-11-18-9-15(20)14-3-2-8-19-16(14)17/h2-3,8-9,11-13H,4-7,10H2,1H3,(H2,17,19). The van der Waals surface area contributed by atoms with Crippen LogP contribution >= 0.6 is 0 Å². The zero-order valence-corrected chi connectivity index (χ0v) is 12.0. The molecule has 20 heavy (non-hydrogen) atoms. The van der Waals surface area contributed by atoms with Crippen molar-refractivity contribution in [2.24, 2.45) is 11.8 Å². The summed E-state index contributed by atoms with van der Waals surface area (Å²) in [6.45, 7) is 3.39. The SMILES string of the molecule is CC1CCC(Cn2cncc2-c2cccnc2N)CC1. The molecule has 1 fully saturated rings. The van der Waals surface area contributed by atoms with E-state index < -0.39 is 0 Å². The van der Waals surface area contributed by atoms with E-state index in [4.69, 9.17) is 5.73 Å². The highest BCUT2D eigenvalue weighted by Gasteiger charge is 2.20. The fraction of sp³-hybridized carbons (Fsp3) is 0.500. The summed E-state index contributed by atoms with van der Waals surface area (Å²) in [5.41, 5.74) is 8.04. The van der Waals surface area contributed by atoms with E-state index >= 15 is 0 Å². The second-order valence-corrected chi connectivity index (χ2v) is 5.99. The van der Waals surface area contributed by atoms with Gasteiger partial charge in [-0.1, -0.05) is 19.8 Å². The molecule has 2 N–H and O–H groups in total. The van der Waals surface area contributed by atoms with Gasteiger partial charge in [0.1, 0.15) is 5.82 Å². The molecule has 0 aliphatic heterocycles. The molecule has 2 aromatic rings. The van der Waals surface area contributed by atoms with E-state index in [0.717, 1.165) is 29.6 Å². The van der Waals surface area contributed by atoms with Crippen molar-refractivity contribution < 1.29 is 0 Å². The molecule has 0 atom stereocenters. The van der Waals surface area contributed by atoms with Gasteiger partial charge in [-0.15, -0.1) is 0 Å². The summed E-state index contributed by atoms with van der Waals surface area (Å²) in [5, 5.41) is 0. The summed E-state index contributed by atoms with van der Waals surface area (Å²) in [4.78, 5) is 8.47. The molecule has 2 heterocycles. The number of hydrogen-bond donors (Lipinski definition) is 1. The lowest BCUT2D eigenvalue weighted by Crippen LogP contribution is -2.17. The number of aromatic nitrogens is 3.